The minimum Gasteiger partial charge on any atom is -0.485 e. The van der Waals surface area contributed by atoms with Crippen LogP contribution in [0.1, 0.15) is 41.6 Å². The lowest BCUT2D eigenvalue weighted by molar-refractivity contribution is 0.286. The van der Waals surface area contributed by atoms with E-state index in [1.54, 1.807) is 6.92 Å². The zero-order valence-corrected chi connectivity index (χ0v) is 15.0. The highest BCUT2D eigenvalue weighted by Crippen LogP contribution is 2.28. The maximum atomic E-state index is 5.68. The number of anilines is 2. The molecular weight excluding hydrogens is 330 g/mol. The summed E-state index contributed by atoms with van der Waals surface area (Å²) >= 11 is 0. The highest BCUT2D eigenvalue weighted by molar-refractivity contribution is 5.61. The molecule has 0 saturated heterocycles. The van der Waals surface area contributed by atoms with Gasteiger partial charge >= 0.3 is 0 Å². The van der Waals surface area contributed by atoms with Gasteiger partial charge in [-0.3, -0.25) is 0 Å². The third-order valence-electron chi connectivity index (χ3n) is 4.35. The van der Waals surface area contributed by atoms with Crippen molar-refractivity contribution < 1.29 is 9.26 Å². The summed E-state index contributed by atoms with van der Waals surface area (Å²) in [6, 6.07) is 7.78. The Morgan fingerprint density at radius 3 is 2.62 bits per heavy atom. The first-order valence-corrected chi connectivity index (χ1v) is 8.83. The van der Waals surface area contributed by atoms with Crippen LogP contribution in [0.15, 0.2) is 28.8 Å². The Labute approximate surface area is 151 Å². The third-order valence-corrected chi connectivity index (χ3v) is 4.35. The number of nitrogens with zero attached hydrogens (tertiary/aromatic N) is 4. The number of benzene rings is 1. The van der Waals surface area contributed by atoms with Gasteiger partial charge in [0.2, 0.25) is 11.7 Å². The van der Waals surface area contributed by atoms with Gasteiger partial charge in [0.1, 0.15) is 17.4 Å². The Balaban J connectivity index is 1.45. The molecule has 0 radical (unpaired) electrons. The Morgan fingerprint density at radius 2 is 1.85 bits per heavy atom. The van der Waals surface area contributed by atoms with Gasteiger partial charge in [-0.1, -0.05) is 5.16 Å². The smallest absolute Gasteiger partial charge is 0.223 e. The molecule has 0 fully saturated rings. The predicted octanol–water partition coefficient (Wildman–Crippen LogP) is 3.68. The Bertz CT molecular complexity index is 905. The van der Waals surface area contributed by atoms with Crippen LogP contribution in [0.5, 0.6) is 5.75 Å². The summed E-state index contributed by atoms with van der Waals surface area (Å²) in [5.74, 6) is 3.55. The number of hydrogen-bond acceptors (Lipinski definition) is 7. The topological polar surface area (TPSA) is 86.0 Å². The third kappa shape index (κ3) is 3.66. The van der Waals surface area contributed by atoms with Gasteiger partial charge in [0.15, 0.2) is 6.61 Å². The molecule has 3 aromatic rings. The summed E-state index contributed by atoms with van der Waals surface area (Å²) in [6.45, 7) is 3.98. The Morgan fingerprint density at radius 1 is 1.04 bits per heavy atom. The fourth-order valence-corrected chi connectivity index (χ4v) is 3.14. The van der Waals surface area contributed by atoms with E-state index >= 15 is 0 Å². The van der Waals surface area contributed by atoms with Gasteiger partial charge in [0, 0.05) is 23.9 Å². The van der Waals surface area contributed by atoms with Gasteiger partial charge in [-0.25, -0.2) is 9.97 Å². The molecule has 1 aliphatic carbocycles. The second kappa shape index (κ2) is 7.11. The van der Waals surface area contributed by atoms with Gasteiger partial charge < -0.3 is 14.6 Å². The minimum absolute atomic E-state index is 0.280. The van der Waals surface area contributed by atoms with E-state index in [4.69, 9.17) is 9.26 Å². The average Bonchev–Trinajstić information content (AvgIpc) is 3.06. The first-order chi connectivity index (χ1) is 12.7. The van der Waals surface area contributed by atoms with E-state index in [1.165, 1.54) is 24.1 Å². The van der Waals surface area contributed by atoms with Crippen LogP contribution in [-0.4, -0.2) is 20.1 Å². The van der Waals surface area contributed by atoms with Crippen molar-refractivity contribution in [3.05, 3.63) is 53.1 Å². The number of fused-ring (bicyclic) bond motifs is 1. The SMILES string of the molecule is Cc1nc2c(c(Nc3ccc(OCc4noc(C)n4)cc3)n1)CCCC2. The molecule has 0 unspecified atom stereocenters. The second-order valence-electron chi connectivity index (χ2n) is 6.42. The summed E-state index contributed by atoms with van der Waals surface area (Å²) in [5.41, 5.74) is 3.40. The van der Waals surface area contributed by atoms with Crippen molar-refractivity contribution in [3.63, 3.8) is 0 Å². The molecular formula is C19H21N5O2. The first-order valence-electron chi connectivity index (χ1n) is 8.83. The lowest BCUT2D eigenvalue weighted by atomic mass is 9.96. The van der Waals surface area contributed by atoms with Gasteiger partial charge in [-0.15, -0.1) is 0 Å². The van der Waals surface area contributed by atoms with Crippen molar-refractivity contribution in [1.29, 1.82) is 0 Å². The molecule has 0 saturated carbocycles. The summed E-state index contributed by atoms with van der Waals surface area (Å²) in [6.07, 6.45) is 4.46. The fourth-order valence-electron chi connectivity index (χ4n) is 3.14. The van der Waals surface area contributed by atoms with Gasteiger partial charge in [-0.2, -0.15) is 4.98 Å². The van der Waals surface area contributed by atoms with Crippen molar-refractivity contribution >= 4 is 11.5 Å². The second-order valence-corrected chi connectivity index (χ2v) is 6.42. The van der Waals surface area contributed by atoms with Crippen LogP contribution in [-0.2, 0) is 19.4 Å². The largest absolute Gasteiger partial charge is 0.485 e. The molecule has 0 atom stereocenters. The maximum absolute atomic E-state index is 5.68. The highest BCUT2D eigenvalue weighted by atomic mass is 16.5. The molecule has 1 aromatic carbocycles. The van der Waals surface area contributed by atoms with Crippen molar-refractivity contribution in [1.82, 2.24) is 20.1 Å². The van der Waals surface area contributed by atoms with Crippen molar-refractivity contribution in [2.45, 2.75) is 46.1 Å². The summed E-state index contributed by atoms with van der Waals surface area (Å²) in [4.78, 5) is 13.3. The maximum Gasteiger partial charge on any atom is 0.223 e. The molecule has 0 aliphatic heterocycles. The molecule has 0 bridgehead atoms. The predicted molar refractivity (Wildman–Crippen MR) is 96.5 cm³/mol. The number of rotatable bonds is 5. The average molecular weight is 351 g/mol. The van der Waals surface area contributed by atoms with Crippen LogP contribution in [0.2, 0.25) is 0 Å². The van der Waals surface area contributed by atoms with E-state index < -0.39 is 0 Å². The summed E-state index contributed by atoms with van der Waals surface area (Å²) in [5, 5.41) is 7.25. The molecule has 7 heteroatoms. The monoisotopic (exact) mass is 351 g/mol. The number of aromatic nitrogens is 4. The molecule has 4 rings (SSSR count). The Kier molecular flexibility index (Phi) is 4.51. The molecule has 134 valence electrons. The molecule has 2 aromatic heterocycles. The zero-order valence-electron chi connectivity index (χ0n) is 15.0. The van der Waals surface area contributed by atoms with E-state index in [-0.39, 0.29) is 6.61 Å². The fraction of sp³-hybridized carbons (Fsp3) is 0.368. The summed E-state index contributed by atoms with van der Waals surface area (Å²) < 4.78 is 10.6. The lowest BCUT2D eigenvalue weighted by Gasteiger charge is -2.19. The number of nitrogens with one attached hydrogen (secondary N) is 1. The van der Waals surface area contributed by atoms with Crippen molar-refractivity contribution in [3.8, 4) is 5.75 Å². The summed E-state index contributed by atoms with van der Waals surface area (Å²) in [7, 11) is 0. The molecule has 1 aliphatic rings. The molecule has 26 heavy (non-hydrogen) atoms. The van der Waals surface area contributed by atoms with E-state index in [2.05, 4.69) is 25.4 Å². The minimum atomic E-state index is 0.280. The van der Waals surface area contributed by atoms with Crippen LogP contribution in [0, 0.1) is 13.8 Å². The standard InChI is InChI=1S/C19H21N5O2/c1-12-20-17-6-4-3-5-16(17)19(21-12)23-14-7-9-15(10-8-14)25-11-18-22-13(2)26-24-18/h7-10H,3-6,11H2,1-2H3,(H,20,21,23). The number of hydrogen-bond donors (Lipinski definition) is 1. The van der Waals surface area contributed by atoms with Crippen LogP contribution in [0.25, 0.3) is 0 Å². The van der Waals surface area contributed by atoms with Crippen LogP contribution in [0.4, 0.5) is 11.5 Å². The molecule has 0 amide bonds. The molecule has 0 spiro atoms. The first kappa shape index (κ1) is 16.5. The van der Waals surface area contributed by atoms with Crippen molar-refractivity contribution in [2.24, 2.45) is 0 Å². The van der Waals surface area contributed by atoms with E-state index in [1.807, 2.05) is 31.2 Å². The number of aryl methyl sites for hydroxylation is 3. The molecule has 2 heterocycles. The Hall–Kier alpha value is -2.96. The zero-order chi connectivity index (χ0) is 17.9. The van der Waals surface area contributed by atoms with Crippen LogP contribution < -0.4 is 10.1 Å². The van der Waals surface area contributed by atoms with Gasteiger partial charge in [0.25, 0.3) is 0 Å². The number of ether oxygens (including phenoxy) is 1. The van der Waals surface area contributed by atoms with E-state index in [9.17, 15) is 0 Å². The van der Waals surface area contributed by atoms with Gasteiger partial charge in [0.05, 0.1) is 0 Å². The van der Waals surface area contributed by atoms with Gasteiger partial charge in [-0.05, 0) is 56.9 Å². The van der Waals surface area contributed by atoms with Crippen LogP contribution in [0.3, 0.4) is 0 Å². The lowest BCUT2D eigenvalue weighted by Crippen LogP contribution is -2.12. The van der Waals surface area contributed by atoms with E-state index in [0.717, 1.165) is 35.9 Å². The van der Waals surface area contributed by atoms with E-state index in [0.29, 0.717) is 11.7 Å². The van der Waals surface area contributed by atoms with Crippen molar-refractivity contribution in [2.75, 3.05) is 5.32 Å². The van der Waals surface area contributed by atoms with Crippen LogP contribution >= 0.6 is 0 Å². The molecule has 1 N–H and O–H groups in total. The highest BCUT2D eigenvalue weighted by Gasteiger charge is 2.17. The normalized spacial score (nSPS) is 13.3. The quantitative estimate of drug-likeness (QED) is 0.750. The molecule has 7 nitrogen and oxygen atoms in total.